The smallest absolute Gasteiger partial charge is 0.131 e. The highest BCUT2D eigenvalue weighted by molar-refractivity contribution is 7.07. The molecule has 4 nitrogen and oxygen atoms in total. The molecule has 2 heterocycles. The first-order valence-electron chi connectivity index (χ1n) is 6.95. The van der Waals surface area contributed by atoms with E-state index in [1.807, 2.05) is 11.7 Å². The number of nitrogens with zero attached hydrogens (tertiary/aromatic N) is 3. The maximum atomic E-state index is 4.60. The summed E-state index contributed by atoms with van der Waals surface area (Å²) in [5.74, 6) is 1.03. The van der Waals surface area contributed by atoms with E-state index in [4.69, 9.17) is 0 Å². The van der Waals surface area contributed by atoms with Gasteiger partial charge in [-0.3, -0.25) is 0 Å². The quantitative estimate of drug-likeness (QED) is 0.796. The number of aryl methyl sites for hydroxylation is 1. The highest BCUT2D eigenvalue weighted by Gasteiger charge is 2.08. The number of hydrogen-bond donors (Lipinski definition) is 1. The van der Waals surface area contributed by atoms with E-state index >= 15 is 0 Å². The van der Waals surface area contributed by atoms with Gasteiger partial charge in [-0.05, 0) is 37.1 Å². The van der Waals surface area contributed by atoms with Crippen molar-refractivity contribution in [1.82, 2.24) is 15.3 Å². The molecule has 2 aromatic heterocycles. The summed E-state index contributed by atoms with van der Waals surface area (Å²) >= 11 is 1.63. The Labute approximate surface area is 124 Å². The second-order valence-corrected chi connectivity index (χ2v) is 5.72. The molecule has 0 fully saturated rings. The van der Waals surface area contributed by atoms with Crippen LogP contribution in [0.3, 0.4) is 0 Å². The van der Waals surface area contributed by atoms with Crippen LogP contribution in [-0.2, 0) is 13.1 Å². The Morgan fingerprint density at radius 2 is 2.20 bits per heavy atom. The molecule has 5 heteroatoms. The number of anilines is 1. The number of aromatic nitrogens is 2. The maximum Gasteiger partial charge on any atom is 0.131 e. The fraction of sp³-hybridized carbons (Fsp3) is 0.467. The topological polar surface area (TPSA) is 41.1 Å². The van der Waals surface area contributed by atoms with Crippen molar-refractivity contribution in [2.24, 2.45) is 0 Å². The zero-order valence-electron chi connectivity index (χ0n) is 12.4. The zero-order valence-corrected chi connectivity index (χ0v) is 13.2. The van der Waals surface area contributed by atoms with Crippen LogP contribution in [0.2, 0.25) is 0 Å². The fourth-order valence-electron chi connectivity index (χ4n) is 2.17. The Morgan fingerprint density at radius 3 is 2.85 bits per heavy atom. The van der Waals surface area contributed by atoms with Crippen LogP contribution in [0.15, 0.2) is 23.2 Å². The fourth-order valence-corrected chi connectivity index (χ4v) is 2.71. The second kappa shape index (κ2) is 7.36. The van der Waals surface area contributed by atoms with Crippen molar-refractivity contribution in [3.05, 3.63) is 40.0 Å². The third-order valence-corrected chi connectivity index (χ3v) is 3.74. The molecule has 0 saturated heterocycles. The van der Waals surface area contributed by atoms with Gasteiger partial charge in [0.1, 0.15) is 5.82 Å². The minimum absolute atomic E-state index is 0.796. The largest absolute Gasteiger partial charge is 0.354 e. The van der Waals surface area contributed by atoms with Gasteiger partial charge >= 0.3 is 0 Å². The molecule has 0 unspecified atom stereocenters. The highest BCUT2D eigenvalue weighted by atomic mass is 32.1. The number of hydrogen-bond acceptors (Lipinski definition) is 5. The minimum atomic E-state index is 0.796. The first-order chi connectivity index (χ1) is 9.70. The molecule has 0 amide bonds. The van der Waals surface area contributed by atoms with Gasteiger partial charge in [-0.15, -0.1) is 11.3 Å². The molecule has 2 aromatic rings. The van der Waals surface area contributed by atoms with Gasteiger partial charge in [-0.25, -0.2) is 9.97 Å². The lowest BCUT2D eigenvalue weighted by molar-refractivity contribution is 0.673. The summed E-state index contributed by atoms with van der Waals surface area (Å²) in [6, 6.07) is 2.21. The van der Waals surface area contributed by atoms with Crippen LogP contribution >= 0.6 is 11.3 Å². The van der Waals surface area contributed by atoms with Gasteiger partial charge in [0.25, 0.3) is 0 Å². The molecule has 108 valence electrons. The molecular weight excluding hydrogens is 268 g/mol. The van der Waals surface area contributed by atoms with E-state index < -0.39 is 0 Å². The van der Waals surface area contributed by atoms with Crippen LogP contribution in [0.4, 0.5) is 5.82 Å². The van der Waals surface area contributed by atoms with Crippen LogP contribution < -0.4 is 10.2 Å². The number of nitrogens with one attached hydrogen (secondary N) is 1. The summed E-state index contributed by atoms with van der Waals surface area (Å²) in [6.45, 7) is 7.02. The van der Waals surface area contributed by atoms with E-state index in [2.05, 4.69) is 52.5 Å². The van der Waals surface area contributed by atoms with Crippen molar-refractivity contribution in [1.29, 1.82) is 0 Å². The molecule has 0 radical (unpaired) electrons. The lowest BCUT2D eigenvalue weighted by Crippen LogP contribution is -2.20. The minimum Gasteiger partial charge on any atom is -0.354 e. The van der Waals surface area contributed by atoms with Crippen LogP contribution in [0.1, 0.15) is 30.2 Å². The summed E-state index contributed by atoms with van der Waals surface area (Å²) in [4.78, 5) is 11.1. The molecule has 0 aliphatic carbocycles. The Morgan fingerprint density at radius 1 is 1.35 bits per heavy atom. The Balaban J connectivity index is 2.01. The van der Waals surface area contributed by atoms with Crippen molar-refractivity contribution in [2.75, 3.05) is 18.5 Å². The lowest BCUT2D eigenvalue weighted by Gasteiger charge is -2.19. The summed E-state index contributed by atoms with van der Waals surface area (Å²) in [5.41, 5.74) is 5.40. The van der Waals surface area contributed by atoms with E-state index in [9.17, 15) is 0 Å². The summed E-state index contributed by atoms with van der Waals surface area (Å²) in [7, 11) is 2.06. The SMILES string of the molecule is CCCNCc1cnc(N(C)Cc2cscn2)c(C)c1. The Hall–Kier alpha value is -1.46. The molecule has 0 saturated carbocycles. The van der Waals surface area contributed by atoms with Gasteiger partial charge in [0.2, 0.25) is 0 Å². The van der Waals surface area contributed by atoms with Crippen LogP contribution in [0.5, 0.6) is 0 Å². The number of thiazole rings is 1. The van der Waals surface area contributed by atoms with Crippen molar-refractivity contribution >= 4 is 17.2 Å². The van der Waals surface area contributed by atoms with Gasteiger partial charge in [0.15, 0.2) is 0 Å². The number of pyridine rings is 1. The molecule has 0 bridgehead atoms. The average molecular weight is 290 g/mol. The maximum absolute atomic E-state index is 4.60. The van der Waals surface area contributed by atoms with Crippen molar-refractivity contribution in [3.8, 4) is 0 Å². The highest BCUT2D eigenvalue weighted by Crippen LogP contribution is 2.18. The number of rotatable bonds is 7. The first kappa shape index (κ1) is 14.9. The molecule has 0 aliphatic rings. The van der Waals surface area contributed by atoms with Crippen molar-refractivity contribution in [2.45, 2.75) is 33.4 Å². The van der Waals surface area contributed by atoms with E-state index in [-0.39, 0.29) is 0 Å². The predicted octanol–water partition coefficient (Wildman–Crippen LogP) is 2.98. The normalized spacial score (nSPS) is 10.8. The van der Waals surface area contributed by atoms with Gasteiger partial charge < -0.3 is 10.2 Å². The van der Waals surface area contributed by atoms with Crippen LogP contribution in [-0.4, -0.2) is 23.6 Å². The molecule has 1 N–H and O–H groups in total. The van der Waals surface area contributed by atoms with E-state index in [1.165, 1.54) is 11.1 Å². The van der Waals surface area contributed by atoms with E-state index in [0.29, 0.717) is 0 Å². The molecule has 2 rings (SSSR count). The van der Waals surface area contributed by atoms with Gasteiger partial charge in [0, 0.05) is 25.2 Å². The Bertz CT molecular complexity index is 525. The summed E-state index contributed by atoms with van der Waals surface area (Å²) in [6.07, 6.45) is 3.11. The molecule has 0 aliphatic heterocycles. The standard InChI is InChI=1S/C15H22N4S/c1-4-5-16-7-13-6-12(2)15(17-8-13)19(3)9-14-10-20-11-18-14/h6,8,10-11,16H,4-5,7,9H2,1-3H3. The summed E-state index contributed by atoms with van der Waals surface area (Å²) in [5, 5.41) is 5.48. The van der Waals surface area contributed by atoms with E-state index in [1.54, 1.807) is 11.3 Å². The first-order valence-corrected chi connectivity index (χ1v) is 7.89. The molecule has 20 heavy (non-hydrogen) atoms. The van der Waals surface area contributed by atoms with Gasteiger partial charge in [-0.1, -0.05) is 6.92 Å². The molecule has 0 spiro atoms. The molecule has 0 atom stereocenters. The van der Waals surface area contributed by atoms with Gasteiger partial charge in [-0.2, -0.15) is 0 Å². The summed E-state index contributed by atoms with van der Waals surface area (Å²) < 4.78 is 0. The second-order valence-electron chi connectivity index (χ2n) is 5.00. The molecular formula is C15H22N4S. The average Bonchev–Trinajstić information content (AvgIpc) is 2.92. The third kappa shape index (κ3) is 4.02. The third-order valence-electron chi connectivity index (χ3n) is 3.11. The molecule has 0 aromatic carbocycles. The van der Waals surface area contributed by atoms with E-state index in [0.717, 1.165) is 37.6 Å². The van der Waals surface area contributed by atoms with Crippen LogP contribution in [0, 0.1) is 6.92 Å². The van der Waals surface area contributed by atoms with Crippen molar-refractivity contribution < 1.29 is 0 Å². The van der Waals surface area contributed by atoms with Crippen molar-refractivity contribution in [3.63, 3.8) is 0 Å². The zero-order chi connectivity index (χ0) is 14.4. The van der Waals surface area contributed by atoms with Gasteiger partial charge in [0.05, 0.1) is 17.7 Å². The Kier molecular flexibility index (Phi) is 5.49. The van der Waals surface area contributed by atoms with Crippen LogP contribution in [0.25, 0.3) is 0 Å². The lowest BCUT2D eigenvalue weighted by atomic mass is 10.2. The predicted molar refractivity (Wildman–Crippen MR) is 85.2 cm³/mol. The monoisotopic (exact) mass is 290 g/mol.